The van der Waals surface area contributed by atoms with E-state index < -0.39 is 0 Å². The summed E-state index contributed by atoms with van der Waals surface area (Å²) in [5, 5.41) is 3.38. The topological polar surface area (TPSA) is 51.1 Å². The number of hydrogen-bond donors (Lipinski definition) is 1. The molecule has 16 heavy (non-hydrogen) atoms. The van der Waals surface area contributed by atoms with Crippen molar-refractivity contribution in [1.82, 2.24) is 8.88 Å². The van der Waals surface area contributed by atoms with Gasteiger partial charge in [-0.3, -0.25) is 0 Å². The fourth-order valence-corrected chi connectivity index (χ4v) is 3.34. The summed E-state index contributed by atoms with van der Waals surface area (Å²) in [5.74, 6) is 0. The van der Waals surface area contributed by atoms with Crippen molar-refractivity contribution in [3.05, 3.63) is 34.6 Å². The van der Waals surface area contributed by atoms with Crippen molar-refractivity contribution in [2.24, 2.45) is 0 Å². The fraction of sp³-hybridized carbons (Fsp3) is 0.273. The van der Waals surface area contributed by atoms with Crippen molar-refractivity contribution in [2.75, 3.05) is 6.54 Å². The maximum atomic E-state index is 11.9. The molecule has 1 aromatic heterocycles. The molecule has 2 rings (SSSR count). The first-order valence-electron chi connectivity index (χ1n) is 5.13. The maximum absolute atomic E-state index is 11.9. The molecule has 0 bridgehead atoms. The average molecular weight is 283 g/mol. The Balaban J connectivity index is 2.42. The molecule has 1 N–H and O–H groups in total. The summed E-state index contributed by atoms with van der Waals surface area (Å²) in [7, 11) is 0. The average Bonchev–Trinajstić information content (AvgIpc) is 2.64. The Bertz CT molecular complexity index is 571. The molecular weight excluding hydrogens is 271 g/mol. The second-order valence-corrected chi connectivity index (χ2v) is 5.49. The molecule has 0 unspecified atom stereocenters. The van der Waals surface area contributed by atoms with Gasteiger partial charge in [-0.1, -0.05) is 0 Å². The van der Waals surface area contributed by atoms with Gasteiger partial charge in [0.15, 0.2) is 0 Å². The molecule has 1 aromatic carbocycles. The molecule has 0 saturated carbocycles. The molecule has 0 aliphatic heterocycles. The fourth-order valence-electron chi connectivity index (χ4n) is 1.41. The van der Waals surface area contributed by atoms with Crippen LogP contribution >= 0.6 is 0 Å². The van der Waals surface area contributed by atoms with E-state index in [4.69, 9.17) is 0 Å². The molecule has 0 spiro atoms. The molecule has 2 aromatic rings. The molecule has 5 heteroatoms. The summed E-state index contributed by atoms with van der Waals surface area (Å²) in [6, 6.07) is 7.11. The van der Waals surface area contributed by atoms with Crippen molar-refractivity contribution in [2.45, 2.75) is 13.3 Å². The van der Waals surface area contributed by atoms with E-state index >= 15 is 0 Å². The second-order valence-electron chi connectivity index (χ2n) is 3.42. The van der Waals surface area contributed by atoms with Crippen LogP contribution in [0.2, 0.25) is 0 Å². The van der Waals surface area contributed by atoms with Crippen LogP contribution in [0.15, 0.2) is 29.1 Å². The summed E-state index contributed by atoms with van der Waals surface area (Å²) >= 11 is -0.217. The monoisotopic (exact) mass is 284 g/mol. The minimum absolute atomic E-state index is 0.177. The van der Waals surface area contributed by atoms with Crippen LogP contribution in [0.3, 0.4) is 0 Å². The van der Waals surface area contributed by atoms with E-state index in [0.717, 1.165) is 10.7 Å². The van der Waals surface area contributed by atoms with E-state index in [-0.39, 0.29) is 26.3 Å². The third-order valence-corrected chi connectivity index (χ3v) is 4.44. The summed E-state index contributed by atoms with van der Waals surface area (Å²) < 4.78 is 2.29. The summed E-state index contributed by atoms with van der Waals surface area (Å²) in [5.41, 5.74) is -0.177. The number of nitrogens with zero attached hydrogens (tertiary/aromatic N) is 1. The van der Waals surface area contributed by atoms with E-state index in [1.54, 1.807) is 6.07 Å². The number of hydrogen-bond acceptors (Lipinski definition) is 2. The first-order chi connectivity index (χ1) is 7.74. The molecule has 4 nitrogen and oxygen atoms in total. The van der Waals surface area contributed by atoms with E-state index in [2.05, 4.69) is 5.32 Å². The number of rotatable bonds is 2. The Morgan fingerprint density at radius 1 is 1.44 bits per heavy atom. The third-order valence-electron chi connectivity index (χ3n) is 2.20. The zero-order valence-corrected chi connectivity index (χ0v) is 10.6. The minimum atomic E-state index is -0.275. The van der Waals surface area contributed by atoms with Gasteiger partial charge in [0.2, 0.25) is 0 Å². The van der Waals surface area contributed by atoms with Gasteiger partial charge >= 0.3 is 98.6 Å². The van der Waals surface area contributed by atoms with Crippen molar-refractivity contribution < 1.29 is 4.79 Å². The molecule has 0 atom stereocenters. The van der Waals surface area contributed by atoms with Crippen molar-refractivity contribution in [3.8, 4) is 0 Å². The van der Waals surface area contributed by atoms with Crippen LogP contribution in [-0.2, 0) is 0 Å². The van der Waals surface area contributed by atoms with Crippen LogP contribution in [0.1, 0.15) is 13.3 Å². The number of fused-ring (bicyclic) bond motifs is 1. The van der Waals surface area contributed by atoms with Crippen LogP contribution in [0.25, 0.3) is 9.65 Å². The molecule has 0 aliphatic carbocycles. The standard InChI is InChI=1S/C11H12N2O2Se/c1-2-7-12-11(15)13-10(14)8-5-3-4-6-9(8)16-13/h3-6H,2,7H2,1H3,(H,12,15). The molecule has 1 heterocycles. The first-order valence-corrected chi connectivity index (χ1v) is 6.75. The van der Waals surface area contributed by atoms with Gasteiger partial charge in [-0.15, -0.1) is 0 Å². The number of carbonyl (C=O) groups is 1. The van der Waals surface area contributed by atoms with E-state index in [9.17, 15) is 9.59 Å². The summed E-state index contributed by atoms with van der Waals surface area (Å²) in [4.78, 5) is 23.6. The number of aromatic nitrogens is 1. The first kappa shape index (κ1) is 11.2. The molecule has 1 amide bonds. The van der Waals surface area contributed by atoms with Crippen LogP contribution < -0.4 is 10.9 Å². The van der Waals surface area contributed by atoms with Gasteiger partial charge in [-0.05, 0) is 0 Å². The van der Waals surface area contributed by atoms with Crippen molar-refractivity contribution >= 4 is 30.4 Å². The zero-order chi connectivity index (χ0) is 11.5. The van der Waals surface area contributed by atoms with Gasteiger partial charge < -0.3 is 0 Å². The predicted molar refractivity (Wildman–Crippen MR) is 64.2 cm³/mol. The predicted octanol–water partition coefficient (Wildman–Crippen LogP) is 1.03. The normalized spacial score (nSPS) is 10.6. The Morgan fingerprint density at radius 2 is 2.19 bits per heavy atom. The van der Waals surface area contributed by atoms with Crippen molar-refractivity contribution in [1.29, 1.82) is 0 Å². The second kappa shape index (κ2) is 4.68. The van der Waals surface area contributed by atoms with Crippen LogP contribution in [0.4, 0.5) is 4.79 Å². The molecule has 0 saturated heterocycles. The van der Waals surface area contributed by atoms with Crippen LogP contribution in [0.5, 0.6) is 0 Å². The molecule has 84 valence electrons. The molecule has 0 radical (unpaired) electrons. The van der Waals surface area contributed by atoms with Gasteiger partial charge in [0, 0.05) is 0 Å². The molecule has 0 aliphatic rings. The molecule has 0 fully saturated rings. The summed E-state index contributed by atoms with van der Waals surface area (Å²) in [6.07, 6.45) is 0.869. The van der Waals surface area contributed by atoms with Gasteiger partial charge in [-0.2, -0.15) is 0 Å². The third kappa shape index (κ3) is 1.96. The zero-order valence-electron chi connectivity index (χ0n) is 8.90. The van der Waals surface area contributed by atoms with Gasteiger partial charge in [0.1, 0.15) is 0 Å². The van der Waals surface area contributed by atoms with Gasteiger partial charge in [0.25, 0.3) is 0 Å². The van der Waals surface area contributed by atoms with Crippen LogP contribution in [-0.4, -0.2) is 30.9 Å². The van der Waals surface area contributed by atoms with Crippen molar-refractivity contribution in [3.63, 3.8) is 0 Å². The number of nitrogens with one attached hydrogen (secondary N) is 1. The van der Waals surface area contributed by atoms with E-state index in [1.807, 2.05) is 25.1 Å². The van der Waals surface area contributed by atoms with E-state index in [0.29, 0.717) is 11.9 Å². The molecular formula is C11H12N2O2Se. The van der Waals surface area contributed by atoms with Crippen LogP contribution in [0, 0.1) is 0 Å². The van der Waals surface area contributed by atoms with E-state index in [1.165, 1.54) is 3.56 Å². The Hall–Kier alpha value is -1.32. The van der Waals surface area contributed by atoms with Gasteiger partial charge in [0.05, 0.1) is 0 Å². The quantitative estimate of drug-likeness (QED) is 0.837. The Labute approximate surface area is 98.9 Å². The Kier molecular flexibility index (Phi) is 3.27. The SMILES string of the molecule is CCCNC(=O)n1[se]c2ccccc2c1=O. The number of carbonyl (C=O) groups excluding carboxylic acids is 1. The number of amides is 1. The number of benzene rings is 1. The van der Waals surface area contributed by atoms with Gasteiger partial charge in [-0.25, -0.2) is 0 Å². The summed E-state index contributed by atoms with van der Waals surface area (Å²) in [6.45, 7) is 2.58. The Morgan fingerprint density at radius 3 is 2.88 bits per heavy atom.